The standard InChI is InChI=1S/C15H16O5/c16-13(6-7-15(17)18)14-10-19-9-12(20-14)8-11-4-2-1-3-5-11/h1-2,4,9-10H,3,5-8H2,(H,17,18). The molecule has 0 saturated carbocycles. The predicted octanol–water partition coefficient (Wildman–Crippen LogP) is 2.82. The largest absolute Gasteiger partial charge is 0.481 e. The summed E-state index contributed by atoms with van der Waals surface area (Å²) in [5.41, 5.74) is 1.21. The maximum atomic E-state index is 11.8. The van der Waals surface area contributed by atoms with E-state index in [0.29, 0.717) is 12.2 Å². The number of Topliss-reactive ketones (excluding diaryl/α,β-unsaturated/α-hetero) is 1. The van der Waals surface area contributed by atoms with E-state index in [1.54, 1.807) is 0 Å². The molecule has 5 heteroatoms. The van der Waals surface area contributed by atoms with Gasteiger partial charge in [0.05, 0.1) is 6.42 Å². The number of aliphatic carboxylic acids is 1. The molecule has 2 rings (SSSR count). The third-order valence-electron chi connectivity index (χ3n) is 2.96. The number of carbonyl (C=O) groups is 2. The van der Waals surface area contributed by atoms with E-state index in [1.165, 1.54) is 18.1 Å². The fourth-order valence-electron chi connectivity index (χ4n) is 1.93. The van der Waals surface area contributed by atoms with Crippen molar-refractivity contribution in [2.24, 2.45) is 0 Å². The minimum absolute atomic E-state index is 0.0655. The summed E-state index contributed by atoms with van der Waals surface area (Å²) < 4.78 is 10.6. The van der Waals surface area contributed by atoms with Crippen molar-refractivity contribution < 1.29 is 24.2 Å². The summed E-state index contributed by atoms with van der Waals surface area (Å²) in [6, 6.07) is 0. The number of ketones is 1. The molecule has 0 spiro atoms. The summed E-state index contributed by atoms with van der Waals surface area (Å²) >= 11 is 0. The minimum Gasteiger partial charge on any atom is -0.481 e. The number of hydrogen-bond donors (Lipinski definition) is 1. The molecule has 1 aliphatic heterocycles. The lowest BCUT2D eigenvalue weighted by Gasteiger charge is -2.17. The summed E-state index contributed by atoms with van der Waals surface area (Å²) in [6.07, 6.45) is 11.0. The summed E-state index contributed by atoms with van der Waals surface area (Å²) in [7, 11) is 0. The number of hydrogen-bond acceptors (Lipinski definition) is 4. The minimum atomic E-state index is -1.01. The molecule has 0 bridgehead atoms. The topological polar surface area (TPSA) is 72.8 Å². The lowest BCUT2D eigenvalue weighted by Crippen LogP contribution is -2.12. The number of carboxylic acids is 1. The van der Waals surface area contributed by atoms with Gasteiger partial charge in [0.15, 0.2) is 0 Å². The maximum absolute atomic E-state index is 11.8. The van der Waals surface area contributed by atoms with Gasteiger partial charge in [-0.2, -0.15) is 0 Å². The molecule has 1 heterocycles. The van der Waals surface area contributed by atoms with Crippen molar-refractivity contribution in [3.05, 3.63) is 47.8 Å². The van der Waals surface area contributed by atoms with Crippen LogP contribution in [0.5, 0.6) is 0 Å². The summed E-state index contributed by atoms with van der Waals surface area (Å²) in [5, 5.41) is 8.56. The lowest BCUT2D eigenvalue weighted by atomic mass is 10.0. The number of allylic oxidation sites excluding steroid dienone is 5. The highest BCUT2D eigenvalue weighted by molar-refractivity contribution is 5.95. The van der Waals surface area contributed by atoms with E-state index in [0.717, 1.165) is 12.8 Å². The van der Waals surface area contributed by atoms with Gasteiger partial charge in [0.25, 0.3) is 0 Å². The molecule has 0 fully saturated rings. The first-order valence-electron chi connectivity index (χ1n) is 6.47. The Morgan fingerprint density at radius 2 is 2.10 bits per heavy atom. The van der Waals surface area contributed by atoms with E-state index in [9.17, 15) is 9.59 Å². The third kappa shape index (κ3) is 4.12. The molecular weight excluding hydrogens is 260 g/mol. The number of carbonyl (C=O) groups excluding carboxylic acids is 1. The third-order valence-corrected chi connectivity index (χ3v) is 2.96. The summed E-state index contributed by atoms with van der Waals surface area (Å²) in [6.45, 7) is 0. The van der Waals surface area contributed by atoms with Crippen LogP contribution < -0.4 is 0 Å². The predicted molar refractivity (Wildman–Crippen MR) is 71.3 cm³/mol. The molecule has 0 amide bonds. The first-order valence-corrected chi connectivity index (χ1v) is 6.47. The van der Waals surface area contributed by atoms with E-state index < -0.39 is 5.97 Å². The maximum Gasteiger partial charge on any atom is 0.303 e. The van der Waals surface area contributed by atoms with Crippen LogP contribution in [-0.2, 0) is 19.1 Å². The van der Waals surface area contributed by atoms with Gasteiger partial charge in [0.1, 0.15) is 18.3 Å². The summed E-state index contributed by atoms with van der Waals surface area (Å²) in [5.74, 6) is -0.746. The van der Waals surface area contributed by atoms with Crippen LogP contribution in [0.1, 0.15) is 32.1 Å². The Balaban J connectivity index is 1.88. The van der Waals surface area contributed by atoms with Crippen molar-refractivity contribution in [2.75, 3.05) is 0 Å². The molecule has 0 unspecified atom stereocenters. The van der Waals surface area contributed by atoms with Crippen LogP contribution in [-0.4, -0.2) is 16.9 Å². The molecule has 0 atom stereocenters. The zero-order valence-electron chi connectivity index (χ0n) is 11.0. The van der Waals surface area contributed by atoms with Gasteiger partial charge < -0.3 is 14.6 Å². The highest BCUT2D eigenvalue weighted by Crippen LogP contribution is 2.25. The molecule has 0 aromatic rings. The molecule has 20 heavy (non-hydrogen) atoms. The Bertz CT molecular complexity index is 522. The van der Waals surface area contributed by atoms with E-state index >= 15 is 0 Å². The molecule has 0 aromatic heterocycles. The van der Waals surface area contributed by atoms with Crippen LogP contribution in [0.25, 0.3) is 0 Å². The Kier molecular flexibility index (Phi) is 4.76. The van der Waals surface area contributed by atoms with Gasteiger partial charge in [-0.25, -0.2) is 0 Å². The number of rotatable bonds is 6. The first-order chi connectivity index (χ1) is 9.65. The van der Waals surface area contributed by atoms with Crippen LogP contribution in [0, 0.1) is 0 Å². The second kappa shape index (κ2) is 6.75. The molecule has 106 valence electrons. The lowest BCUT2D eigenvalue weighted by molar-refractivity contribution is -0.138. The average molecular weight is 276 g/mol. The van der Waals surface area contributed by atoms with Crippen molar-refractivity contribution in [2.45, 2.75) is 32.1 Å². The molecule has 2 aliphatic rings. The second-order valence-corrected chi connectivity index (χ2v) is 4.59. The van der Waals surface area contributed by atoms with Gasteiger partial charge in [-0.1, -0.05) is 23.8 Å². The molecule has 0 radical (unpaired) electrons. The Labute approximate surface area is 116 Å². The van der Waals surface area contributed by atoms with E-state index in [-0.39, 0.29) is 24.4 Å². The second-order valence-electron chi connectivity index (χ2n) is 4.59. The quantitative estimate of drug-likeness (QED) is 0.807. The van der Waals surface area contributed by atoms with Crippen LogP contribution >= 0.6 is 0 Å². The van der Waals surface area contributed by atoms with Gasteiger partial charge in [-0.05, 0) is 12.8 Å². The van der Waals surface area contributed by atoms with E-state index in [1.807, 2.05) is 12.2 Å². The fourth-order valence-corrected chi connectivity index (χ4v) is 1.93. The first kappa shape index (κ1) is 14.1. The highest BCUT2D eigenvalue weighted by Gasteiger charge is 2.19. The average Bonchev–Trinajstić information content (AvgIpc) is 2.46. The van der Waals surface area contributed by atoms with Crippen LogP contribution in [0.4, 0.5) is 0 Å². The van der Waals surface area contributed by atoms with Crippen molar-refractivity contribution >= 4 is 11.8 Å². The normalized spacial score (nSPS) is 17.3. The Morgan fingerprint density at radius 1 is 1.25 bits per heavy atom. The molecule has 5 nitrogen and oxygen atoms in total. The van der Waals surface area contributed by atoms with Crippen molar-refractivity contribution in [3.8, 4) is 0 Å². The van der Waals surface area contributed by atoms with Crippen molar-refractivity contribution in [3.63, 3.8) is 0 Å². The van der Waals surface area contributed by atoms with E-state index in [4.69, 9.17) is 14.6 Å². The van der Waals surface area contributed by atoms with Gasteiger partial charge in [0.2, 0.25) is 11.5 Å². The zero-order valence-corrected chi connectivity index (χ0v) is 11.0. The molecule has 0 aromatic carbocycles. The molecular formula is C15H16O5. The fraction of sp³-hybridized carbons (Fsp3) is 0.333. The van der Waals surface area contributed by atoms with Crippen LogP contribution in [0.2, 0.25) is 0 Å². The van der Waals surface area contributed by atoms with Crippen LogP contribution in [0.15, 0.2) is 47.8 Å². The van der Waals surface area contributed by atoms with Crippen LogP contribution in [0.3, 0.4) is 0 Å². The monoisotopic (exact) mass is 276 g/mol. The number of carboxylic acid groups (broad SMARTS) is 1. The molecule has 1 N–H and O–H groups in total. The van der Waals surface area contributed by atoms with Gasteiger partial charge in [-0.15, -0.1) is 0 Å². The molecule has 0 saturated heterocycles. The van der Waals surface area contributed by atoms with Gasteiger partial charge >= 0.3 is 5.97 Å². The van der Waals surface area contributed by atoms with Gasteiger partial charge in [-0.3, -0.25) is 9.59 Å². The highest BCUT2D eigenvalue weighted by atomic mass is 16.5. The van der Waals surface area contributed by atoms with Crippen molar-refractivity contribution in [1.29, 1.82) is 0 Å². The zero-order chi connectivity index (χ0) is 14.4. The van der Waals surface area contributed by atoms with Gasteiger partial charge in [0, 0.05) is 12.8 Å². The Morgan fingerprint density at radius 3 is 2.80 bits per heavy atom. The number of ether oxygens (including phenoxy) is 2. The van der Waals surface area contributed by atoms with Crippen molar-refractivity contribution in [1.82, 2.24) is 0 Å². The molecule has 1 aliphatic carbocycles. The smallest absolute Gasteiger partial charge is 0.303 e. The Hall–Kier alpha value is -2.30. The SMILES string of the molecule is O=C(O)CCC(=O)C1=COC=C(CC2=CC=CCC2)O1. The summed E-state index contributed by atoms with van der Waals surface area (Å²) in [4.78, 5) is 22.2. The van der Waals surface area contributed by atoms with E-state index in [2.05, 4.69) is 6.08 Å².